The van der Waals surface area contributed by atoms with Crippen LogP contribution in [-0.2, 0) is 11.2 Å². The summed E-state index contributed by atoms with van der Waals surface area (Å²) < 4.78 is 0. The Bertz CT molecular complexity index is 434. The molecule has 0 bridgehead atoms. The second kappa shape index (κ2) is 8.98. The number of hydrogen-bond donors (Lipinski definition) is 1. The Hall–Kier alpha value is -1.06. The van der Waals surface area contributed by atoms with Gasteiger partial charge in [-0.3, -0.25) is 4.79 Å². The molecule has 0 heterocycles. The van der Waals surface area contributed by atoms with Gasteiger partial charge in [-0.25, -0.2) is 0 Å². The summed E-state index contributed by atoms with van der Waals surface area (Å²) in [5.74, 6) is 0.158. The summed E-state index contributed by atoms with van der Waals surface area (Å²) in [6, 6.07) is 5.95. The molecule has 0 aromatic heterocycles. The fourth-order valence-electron chi connectivity index (χ4n) is 2.00. The standard InChI is InChI=1S/C16H24ClNO2/c1-13-6-7-14(12-15(13)17)8-9-16(20)18(2)10-4-3-5-11-19/h6-7,12,19H,3-5,8-11H2,1-2H3. The van der Waals surface area contributed by atoms with Crippen molar-refractivity contribution in [1.29, 1.82) is 0 Å². The lowest BCUT2D eigenvalue weighted by Gasteiger charge is -2.17. The molecule has 4 heteroatoms. The number of rotatable bonds is 8. The highest BCUT2D eigenvalue weighted by molar-refractivity contribution is 6.31. The summed E-state index contributed by atoms with van der Waals surface area (Å²) in [5.41, 5.74) is 2.16. The van der Waals surface area contributed by atoms with Gasteiger partial charge in [0.2, 0.25) is 5.91 Å². The van der Waals surface area contributed by atoms with E-state index in [1.807, 2.05) is 32.2 Å². The number of amides is 1. The molecule has 0 aliphatic rings. The Morgan fingerprint density at radius 1 is 1.30 bits per heavy atom. The predicted molar refractivity (Wildman–Crippen MR) is 83.1 cm³/mol. The molecule has 1 rings (SSSR count). The van der Waals surface area contributed by atoms with Crippen LogP contribution in [0.5, 0.6) is 0 Å². The van der Waals surface area contributed by atoms with Crippen molar-refractivity contribution >= 4 is 17.5 Å². The van der Waals surface area contributed by atoms with Crippen molar-refractivity contribution in [2.24, 2.45) is 0 Å². The Kier molecular flexibility index (Phi) is 7.63. The van der Waals surface area contributed by atoms with E-state index < -0.39 is 0 Å². The highest BCUT2D eigenvalue weighted by atomic mass is 35.5. The van der Waals surface area contributed by atoms with E-state index in [1.165, 1.54) is 0 Å². The van der Waals surface area contributed by atoms with Crippen molar-refractivity contribution in [3.05, 3.63) is 34.3 Å². The molecule has 20 heavy (non-hydrogen) atoms. The average molecular weight is 298 g/mol. The highest BCUT2D eigenvalue weighted by Crippen LogP contribution is 2.17. The number of aliphatic hydroxyl groups excluding tert-OH is 1. The third kappa shape index (κ3) is 5.93. The first kappa shape index (κ1) is 17.0. The fourth-order valence-corrected chi connectivity index (χ4v) is 2.20. The molecule has 1 amide bonds. The van der Waals surface area contributed by atoms with Crippen molar-refractivity contribution in [3.8, 4) is 0 Å². The van der Waals surface area contributed by atoms with E-state index in [9.17, 15) is 4.79 Å². The minimum absolute atomic E-state index is 0.158. The van der Waals surface area contributed by atoms with Gasteiger partial charge in [0.05, 0.1) is 0 Å². The fraction of sp³-hybridized carbons (Fsp3) is 0.562. The van der Waals surface area contributed by atoms with E-state index in [0.717, 1.165) is 48.4 Å². The van der Waals surface area contributed by atoms with Gasteiger partial charge in [-0.15, -0.1) is 0 Å². The topological polar surface area (TPSA) is 40.5 Å². The highest BCUT2D eigenvalue weighted by Gasteiger charge is 2.08. The lowest BCUT2D eigenvalue weighted by atomic mass is 10.1. The first-order chi connectivity index (χ1) is 9.54. The van der Waals surface area contributed by atoms with E-state index in [4.69, 9.17) is 16.7 Å². The van der Waals surface area contributed by atoms with Gasteiger partial charge in [-0.2, -0.15) is 0 Å². The van der Waals surface area contributed by atoms with Crippen molar-refractivity contribution in [3.63, 3.8) is 0 Å². The Balaban J connectivity index is 2.32. The minimum atomic E-state index is 0.158. The van der Waals surface area contributed by atoms with Gasteiger partial charge >= 0.3 is 0 Å². The zero-order chi connectivity index (χ0) is 15.0. The number of halogens is 1. The summed E-state index contributed by atoms with van der Waals surface area (Å²) in [5, 5.41) is 9.46. The molecule has 0 spiro atoms. The lowest BCUT2D eigenvalue weighted by molar-refractivity contribution is -0.129. The number of benzene rings is 1. The SMILES string of the molecule is Cc1ccc(CCC(=O)N(C)CCCCCO)cc1Cl. The summed E-state index contributed by atoms with van der Waals surface area (Å²) >= 11 is 6.07. The largest absolute Gasteiger partial charge is 0.396 e. The normalized spacial score (nSPS) is 10.6. The molecule has 1 aromatic rings. The van der Waals surface area contributed by atoms with Crippen LogP contribution in [0.15, 0.2) is 18.2 Å². The molecule has 0 aliphatic heterocycles. The van der Waals surface area contributed by atoms with E-state index in [-0.39, 0.29) is 12.5 Å². The Morgan fingerprint density at radius 2 is 2.05 bits per heavy atom. The Morgan fingerprint density at radius 3 is 2.70 bits per heavy atom. The van der Waals surface area contributed by atoms with Crippen LogP contribution in [0, 0.1) is 6.92 Å². The molecule has 0 unspecified atom stereocenters. The van der Waals surface area contributed by atoms with Crippen LogP contribution in [0.4, 0.5) is 0 Å². The predicted octanol–water partition coefficient (Wildman–Crippen LogP) is 3.20. The maximum Gasteiger partial charge on any atom is 0.222 e. The summed E-state index contributed by atoms with van der Waals surface area (Å²) in [6.45, 7) is 2.96. The first-order valence-corrected chi connectivity index (χ1v) is 7.52. The van der Waals surface area contributed by atoms with E-state index in [1.54, 1.807) is 4.90 Å². The number of carbonyl (C=O) groups is 1. The van der Waals surface area contributed by atoms with Gasteiger partial charge in [0.1, 0.15) is 0 Å². The van der Waals surface area contributed by atoms with Crippen LogP contribution >= 0.6 is 11.6 Å². The number of aliphatic hydroxyl groups is 1. The molecule has 0 atom stereocenters. The summed E-state index contributed by atoms with van der Waals surface area (Å²) in [7, 11) is 1.84. The molecule has 1 aromatic carbocycles. The van der Waals surface area contributed by atoms with E-state index in [2.05, 4.69) is 0 Å². The van der Waals surface area contributed by atoms with Gasteiger partial charge in [0.15, 0.2) is 0 Å². The first-order valence-electron chi connectivity index (χ1n) is 7.14. The average Bonchev–Trinajstić information content (AvgIpc) is 2.44. The molecular weight excluding hydrogens is 274 g/mol. The van der Waals surface area contributed by atoms with Crippen LogP contribution in [0.3, 0.4) is 0 Å². The maximum absolute atomic E-state index is 12.0. The monoisotopic (exact) mass is 297 g/mol. The lowest BCUT2D eigenvalue weighted by Crippen LogP contribution is -2.27. The number of unbranched alkanes of at least 4 members (excludes halogenated alkanes) is 2. The molecule has 0 radical (unpaired) electrons. The molecule has 112 valence electrons. The number of aryl methyl sites for hydroxylation is 2. The molecule has 0 aliphatic carbocycles. The smallest absolute Gasteiger partial charge is 0.222 e. The Labute approximate surface area is 126 Å². The molecule has 3 nitrogen and oxygen atoms in total. The van der Waals surface area contributed by atoms with Gasteiger partial charge < -0.3 is 10.0 Å². The van der Waals surface area contributed by atoms with Crippen LogP contribution in [0.25, 0.3) is 0 Å². The van der Waals surface area contributed by atoms with Crippen molar-refractivity contribution in [1.82, 2.24) is 4.90 Å². The summed E-state index contributed by atoms with van der Waals surface area (Å²) in [4.78, 5) is 13.7. The number of nitrogens with zero attached hydrogens (tertiary/aromatic N) is 1. The molecular formula is C16H24ClNO2. The molecule has 0 fully saturated rings. The summed E-state index contributed by atoms with van der Waals surface area (Å²) in [6.07, 6.45) is 3.94. The van der Waals surface area contributed by atoms with E-state index >= 15 is 0 Å². The van der Waals surface area contributed by atoms with Crippen LogP contribution in [-0.4, -0.2) is 36.1 Å². The molecule has 1 N–H and O–H groups in total. The van der Waals surface area contributed by atoms with Gasteiger partial charge in [0.25, 0.3) is 0 Å². The minimum Gasteiger partial charge on any atom is -0.396 e. The van der Waals surface area contributed by atoms with Crippen LogP contribution < -0.4 is 0 Å². The quantitative estimate of drug-likeness (QED) is 0.749. The van der Waals surface area contributed by atoms with Crippen molar-refractivity contribution < 1.29 is 9.90 Å². The number of hydrogen-bond acceptors (Lipinski definition) is 2. The van der Waals surface area contributed by atoms with Gasteiger partial charge in [0, 0.05) is 31.6 Å². The van der Waals surface area contributed by atoms with Crippen molar-refractivity contribution in [2.75, 3.05) is 20.2 Å². The van der Waals surface area contributed by atoms with E-state index in [0.29, 0.717) is 6.42 Å². The van der Waals surface area contributed by atoms with Gasteiger partial charge in [-0.05, 0) is 49.8 Å². The molecule has 0 saturated heterocycles. The third-order valence-corrected chi connectivity index (χ3v) is 3.85. The second-order valence-corrected chi connectivity index (χ2v) is 5.59. The van der Waals surface area contributed by atoms with Crippen LogP contribution in [0.2, 0.25) is 5.02 Å². The van der Waals surface area contributed by atoms with Crippen LogP contribution in [0.1, 0.15) is 36.8 Å². The third-order valence-electron chi connectivity index (χ3n) is 3.44. The zero-order valence-corrected chi connectivity index (χ0v) is 13.1. The second-order valence-electron chi connectivity index (χ2n) is 5.18. The number of carbonyl (C=O) groups excluding carboxylic acids is 1. The van der Waals surface area contributed by atoms with Crippen molar-refractivity contribution in [2.45, 2.75) is 39.0 Å². The zero-order valence-electron chi connectivity index (χ0n) is 12.4. The van der Waals surface area contributed by atoms with Gasteiger partial charge in [-0.1, -0.05) is 23.7 Å². The molecule has 0 saturated carbocycles. The maximum atomic E-state index is 12.0.